The first-order valence-corrected chi connectivity index (χ1v) is 10.6. The molecule has 0 spiro atoms. The molecule has 0 radical (unpaired) electrons. The monoisotopic (exact) mass is 419 g/mol. The van der Waals surface area contributed by atoms with Crippen LogP contribution in [0.3, 0.4) is 0 Å². The minimum atomic E-state index is -0.271. The van der Waals surface area contributed by atoms with Gasteiger partial charge in [-0.25, -0.2) is 9.78 Å². The summed E-state index contributed by atoms with van der Waals surface area (Å²) >= 11 is 1.43. The Morgan fingerprint density at radius 2 is 2.13 bits per heavy atom. The van der Waals surface area contributed by atoms with Crippen molar-refractivity contribution in [2.24, 2.45) is 4.99 Å². The first-order valence-electron chi connectivity index (χ1n) is 9.82. The van der Waals surface area contributed by atoms with Gasteiger partial charge >= 0.3 is 6.03 Å². The van der Waals surface area contributed by atoms with Gasteiger partial charge in [-0.1, -0.05) is 37.0 Å². The predicted molar refractivity (Wildman–Crippen MR) is 127 cm³/mol. The molecule has 2 amide bonds. The molecule has 0 unspecified atom stereocenters. The highest BCUT2D eigenvalue weighted by Gasteiger charge is 2.15. The van der Waals surface area contributed by atoms with Crippen molar-refractivity contribution in [3.63, 3.8) is 0 Å². The van der Waals surface area contributed by atoms with Gasteiger partial charge in [0.25, 0.3) is 0 Å². The zero-order valence-electron chi connectivity index (χ0n) is 17.4. The lowest BCUT2D eigenvalue weighted by Crippen LogP contribution is -2.28. The van der Waals surface area contributed by atoms with E-state index in [4.69, 9.17) is 0 Å². The van der Waals surface area contributed by atoms with Crippen molar-refractivity contribution in [1.29, 1.82) is 0 Å². The number of allylic oxidation sites excluding steroid dienone is 2. The number of urea groups is 1. The summed E-state index contributed by atoms with van der Waals surface area (Å²) in [5, 5.41) is 6.06. The second-order valence-electron chi connectivity index (χ2n) is 6.60. The Hall–Kier alpha value is -3.32. The largest absolute Gasteiger partial charge is 0.338 e. The number of rotatable bonds is 7. The van der Waals surface area contributed by atoms with Gasteiger partial charge in [0, 0.05) is 30.2 Å². The number of nitrogens with one attached hydrogen (secondary N) is 2. The Bertz CT molecular complexity index is 1120. The van der Waals surface area contributed by atoms with Gasteiger partial charge in [-0.2, -0.15) is 0 Å². The summed E-state index contributed by atoms with van der Waals surface area (Å²) in [5.41, 5.74) is 5.47. The fourth-order valence-corrected chi connectivity index (χ4v) is 3.75. The van der Waals surface area contributed by atoms with Crippen LogP contribution in [0.2, 0.25) is 0 Å². The number of pyridine rings is 1. The molecule has 0 aliphatic heterocycles. The normalized spacial score (nSPS) is 12.1. The summed E-state index contributed by atoms with van der Waals surface area (Å²) in [6.07, 6.45) is 6.27. The van der Waals surface area contributed by atoms with E-state index in [2.05, 4.69) is 45.2 Å². The molecule has 0 atom stereocenters. The number of hydrogen-bond acceptors (Lipinski definition) is 5. The quantitative estimate of drug-likeness (QED) is 0.370. The van der Waals surface area contributed by atoms with Crippen molar-refractivity contribution in [2.75, 3.05) is 11.9 Å². The van der Waals surface area contributed by atoms with Crippen molar-refractivity contribution in [2.45, 2.75) is 27.2 Å². The average Bonchev–Trinajstić information content (AvgIpc) is 3.16. The fraction of sp³-hybridized carbons (Fsp3) is 0.217. The first kappa shape index (κ1) is 21.4. The Kier molecular flexibility index (Phi) is 7.08. The molecule has 7 heteroatoms. The lowest BCUT2D eigenvalue weighted by Gasteiger charge is -2.07. The molecular weight excluding hydrogens is 394 g/mol. The lowest BCUT2D eigenvalue weighted by atomic mass is 10.0. The zero-order valence-corrected chi connectivity index (χ0v) is 18.2. The number of carbonyl (C=O) groups is 1. The second kappa shape index (κ2) is 9.93. The molecule has 3 aromatic rings. The Labute approximate surface area is 180 Å². The molecule has 2 heterocycles. The highest BCUT2D eigenvalue weighted by atomic mass is 32.1. The van der Waals surface area contributed by atoms with Gasteiger partial charge in [-0.15, -0.1) is 0 Å². The number of anilines is 1. The van der Waals surface area contributed by atoms with Crippen LogP contribution in [0.1, 0.15) is 32.8 Å². The maximum Gasteiger partial charge on any atom is 0.321 e. The topological polar surface area (TPSA) is 79.3 Å². The molecule has 2 aromatic heterocycles. The van der Waals surface area contributed by atoms with Gasteiger partial charge in [-0.05, 0) is 55.7 Å². The van der Waals surface area contributed by atoms with Crippen LogP contribution in [0.15, 0.2) is 60.4 Å². The highest BCUT2D eigenvalue weighted by molar-refractivity contribution is 7.22. The first-order chi connectivity index (χ1) is 14.5. The molecule has 0 saturated heterocycles. The summed E-state index contributed by atoms with van der Waals surface area (Å²) < 4.78 is 0.959. The van der Waals surface area contributed by atoms with Crippen LogP contribution in [0.4, 0.5) is 9.93 Å². The minimum absolute atomic E-state index is 0.271. The standard InChI is InChI=1S/C23H25N5OS/c1-5-15(4)26-14-16(6-2)17-12-18(19-10-8-9-11-25-19)21-20(13-17)27-23(30-21)28-22(29)24-7-3/h6,8-14H,2,5,7H2,1,3-4H3,(H2,24,27,28,29)/b16-14+,26-15?. The maximum absolute atomic E-state index is 11.9. The van der Waals surface area contributed by atoms with Crippen LogP contribution in [0, 0.1) is 0 Å². The van der Waals surface area contributed by atoms with Crippen molar-refractivity contribution in [3.8, 4) is 11.3 Å². The van der Waals surface area contributed by atoms with E-state index in [1.54, 1.807) is 12.3 Å². The molecule has 0 fully saturated rings. The van der Waals surface area contributed by atoms with E-state index < -0.39 is 0 Å². The molecule has 2 N–H and O–H groups in total. The predicted octanol–water partition coefficient (Wildman–Crippen LogP) is 5.90. The zero-order chi connectivity index (χ0) is 21.5. The highest BCUT2D eigenvalue weighted by Crippen LogP contribution is 2.37. The number of benzene rings is 1. The third-order valence-corrected chi connectivity index (χ3v) is 5.50. The summed E-state index contributed by atoms with van der Waals surface area (Å²) in [6, 6.07) is 9.60. The molecule has 0 bridgehead atoms. The minimum Gasteiger partial charge on any atom is -0.338 e. The van der Waals surface area contributed by atoms with Gasteiger partial charge in [0.2, 0.25) is 0 Å². The summed E-state index contributed by atoms with van der Waals surface area (Å²) in [6.45, 7) is 10.4. The smallest absolute Gasteiger partial charge is 0.321 e. The summed E-state index contributed by atoms with van der Waals surface area (Å²) in [7, 11) is 0. The molecule has 30 heavy (non-hydrogen) atoms. The Morgan fingerprint density at radius 3 is 2.80 bits per heavy atom. The van der Waals surface area contributed by atoms with E-state index in [1.807, 2.05) is 44.3 Å². The molecule has 0 aliphatic rings. The second-order valence-corrected chi connectivity index (χ2v) is 7.60. The number of carbonyl (C=O) groups excluding carboxylic acids is 1. The van der Waals surface area contributed by atoms with E-state index in [0.29, 0.717) is 11.7 Å². The van der Waals surface area contributed by atoms with Crippen LogP contribution in [-0.4, -0.2) is 28.3 Å². The van der Waals surface area contributed by atoms with Gasteiger partial charge in [-0.3, -0.25) is 15.3 Å². The van der Waals surface area contributed by atoms with Crippen LogP contribution in [0.5, 0.6) is 0 Å². The van der Waals surface area contributed by atoms with Crippen LogP contribution >= 0.6 is 11.3 Å². The Balaban J connectivity index is 2.15. The van der Waals surface area contributed by atoms with Crippen LogP contribution < -0.4 is 10.6 Å². The number of nitrogens with zero attached hydrogens (tertiary/aromatic N) is 3. The molecule has 1 aromatic carbocycles. The Morgan fingerprint density at radius 1 is 1.30 bits per heavy atom. The molecule has 6 nitrogen and oxygen atoms in total. The summed E-state index contributed by atoms with van der Waals surface area (Å²) in [4.78, 5) is 25.6. The van der Waals surface area contributed by atoms with E-state index >= 15 is 0 Å². The number of aliphatic imine (C=N–C) groups is 1. The van der Waals surface area contributed by atoms with Crippen molar-refractivity contribution < 1.29 is 4.79 Å². The van der Waals surface area contributed by atoms with Gasteiger partial charge in [0.15, 0.2) is 5.13 Å². The molecule has 3 rings (SSSR count). The van der Waals surface area contributed by atoms with Crippen LogP contribution in [0.25, 0.3) is 27.0 Å². The molecule has 154 valence electrons. The fourth-order valence-electron chi connectivity index (χ4n) is 2.78. The number of hydrogen-bond donors (Lipinski definition) is 2. The van der Waals surface area contributed by atoms with Gasteiger partial charge < -0.3 is 5.32 Å². The third kappa shape index (κ3) is 4.99. The van der Waals surface area contributed by atoms with Crippen molar-refractivity contribution in [1.82, 2.24) is 15.3 Å². The van der Waals surface area contributed by atoms with Crippen molar-refractivity contribution in [3.05, 3.63) is 60.9 Å². The number of fused-ring (bicyclic) bond motifs is 1. The van der Waals surface area contributed by atoms with E-state index in [0.717, 1.165) is 44.7 Å². The maximum atomic E-state index is 11.9. The number of amides is 2. The van der Waals surface area contributed by atoms with Gasteiger partial charge in [0.05, 0.1) is 15.9 Å². The number of aromatic nitrogens is 2. The summed E-state index contributed by atoms with van der Waals surface area (Å²) in [5.74, 6) is 0. The van der Waals surface area contributed by atoms with E-state index in [-0.39, 0.29) is 6.03 Å². The van der Waals surface area contributed by atoms with E-state index in [1.165, 1.54) is 11.3 Å². The van der Waals surface area contributed by atoms with Crippen molar-refractivity contribution >= 4 is 44.0 Å². The average molecular weight is 420 g/mol. The molecular formula is C23H25N5OS. The molecule has 0 saturated carbocycles. The van der Waals surface area contributed by atoms with Crippen LogP contribution in [-0.2, 0) is 0 Å². The third-order valence-electron chi connectivity index (χ3n) is 4.48. The lowest BCUT2D eigenvalue weighted by molar-refractivity contribution is 0.252. The SMILES string of the molecule is C=C/C(=C\N=C(C)CC)c1cc(-c2ccccn2)c2sc(NC(=O)NCC)nc2c1. The number of thiazole rings is 1. The van der Waals surface area contributed by atoms with E-state index in [9.17, 15) is 4.79 Å². The van der Waals surface area contributed by atoms with Gasteiger partial charge in [0.1, 0.15) is 0 Å². The molecule has 0 aliphatic carbocycles.